The number of ether oxygens (including phenoxy) is 2. The van der Waals surface area contributed by atoms with Gasteiger partial charge in [-0.2, -0.15) is 13.2 Å². The van der Waals surface area contributed by atoms with Crippen LogP contribution >= 0.6 is 0 Å². The van der Waals surface area contributed by atoms with E-state index in [4.69, 9.17) is 4.74 Å². The first-order valence-corrected chi connectivity index (χ1v) is 9.04. The van der Waals surface area contributed by atoms with Crippen LogP contribution in [-0.4, -0.2) is 25.1 Å². The fourth-order valence-electron chi connectivity index (χ4n) is 2.80. The minimum atomic E-state index is -4.54. The number of halogens is 4. The quantitative estimate of drug-likeness (QED) is 0.383. The Morgan fingerprint density at radius 1 is 1.13 bits per heavy atom. The van der Waals surface area contributed by atoms with Crippen LogP contribution in [0.25, 0.3) is 0 Å². The molecule has 1 unspecified atom stereocenters. The lowest BCUT2D eigenvalue weighted by Gasteiger charge is -2.17. The van der Waals surface area contributed by atoms with E-state index in [2.05, 4.69) is 10.1 Å². The number of esters is 2. The molecule has 0 aromatic heterocycles. The summed E-state index contributed by atoms with van der Waals surface area (Å²) < 4.78 is 62.0. The maximum absolute atomic E-state index is 13.9. The predicted molar refractivity (Wildman–Crippen MR) is 102 cm³/mol. The highest BCUT2D eigenvalue weighted by molar-refractivity contribution is 5.94. The summed E-state index contributed by atoms with van der Waals surface area (Å²) in [6.45, 7) is 2.96. The van der Waals surface area contributed by atoms with E-state index in [1.54, 1.807) is 13.0 Å². The zero-order valence-electron chi connectivity index (χ0n) is 16.6. The lowest BCUT2D eigenvalue weighted by Crippen LogP contribution is -2.17. The van der Waals surface area contributed by atoms with Crippen molar-refractivity contribution in [3.8, 4) is 5.75 Å². The molecule has 30 heavy (non-hydrogen) atoms. The summed E-state index contributed by atoms with van der Waals surface area (Å²) >= 11 is 0. The Hall–Kier alpha value is -3.10. The number of nitrogens with one attached hydrogen (secondary N) is 1. The molecule has 0 bridgehead atoms. The number of alkyl halides is 3. The van der Waals surface area contributed by atoms with Crippen molar-refractivity contribution in [2.75, 3.05) is 12.4 Å². The van der Waals surface area contributed by atoms with E-state index in [0.717, 1.165) is 12.1 Å². The third-order valence-corrected chi connectivity index (χ3v) is 4.27. The van der Waals surface area contributed by atoms with Crippen molar-refractivity contribution in [1.29, 1.82) is 0 Å². The summed E-state index contributed by atoms with van der Waals surface area (Å²) in [5.41, 5.74) is -0.389. The zero-order valence-corrected chi connectivity index (χ0v) is 16.6. The number of carbonyl (C=O) groups excluding carboxylic acids is 2. The highest BCUT2D eigenvalue weighted by atomic mass is 19.4. The van der Waals surface area contributed by atoms with E-state index in [1.165, 1.54) is 26.2 Å². The molecule has 2 aromatic rings. The number of aryl methyl sites for hydroxylation is 1. The maximum Gasteiger partial charge on any atom is 0.416 e. The highest BCUT2D eigenvalue weighted by Crippen LogP contribution is 2.31. The number of rotatable bonds is 7. The van der Waals surface area contributed by atoms with Gasteiger partial charge in [-0.25, -0.2) is 9.18 Å². The van der Waals surface area contributed by atoms with E-state index >= 15 is 0 Å². The molecule has 2 rings (SSSR count). The first-order chi connectivity index (χ1) is 14.0. The Labute approximate surface area is 171 Å². The van der Waals surface area contributed by atoms with Crippen LogP contribution < -0.4 is 10.1 Å². The fourth-order valence-corrected chi connectivity index (χ4v) is 2.80. The van der Waals surface area contributed by atoms with Crippen molar-refractivity contribution in [2.45, 2.75) is 38.9 Å². The Morgan fingerprint density at radius 2 is 1.83 bits per heavy atom. The molecule has 0 spiro atoms. The second kappa shape index (κ2) is 9.60. The summed E-state index contributed by atoms with van der Waals surface area (Å²) in [5.74, 6) is -1.96. The molecular formula is C21H21F4NO4. The minimum absolute atomic E-state index is 0.0288. The van der Waals surface area contributed by atoms with Crippen molar-refractivity contribution in [2.24, 2.45) is 0 Å². The van der Waals surface area contributed by atoms with Gasteiger partial charge < -0.3 is 14.8 Å². The zero-order chi connectivity index (χ0) is 22.5. The summed E-state index contributed by atoms with van der Waals surface area (Å²) in [5, 5.41) is 3.08. The van der Waals surface area contributed by atoms with Crippen molar-refractivity contribution in [3.05, 3.63) is 58.9 Å². The van der Waals surface area contributed by atoms with Gasteiger partial charge in [-0.05, 0) is 61.7 Å². The SMILES string of the molecule is COC(=O)c1cc(NC(C)CCc2cc(C(F)(F)F)ccc2F)ccc1OC(C)=O. The summed E-state index contributed by atoms with van der Waals surface area (Å²) in [6.07, 6.45) is -4.13. The van der Waals surface area contributed by atoms with E-state index in [1.807, 2.05) is 0 Å². The van der Waals surface area contributed by atoms with Crippen molar-refractivity contribution >= 4 is 17.6 Å². The first-order valence-electron chi connectivity index (χ1n) is 9.04. The van der Waals surface area contributed by atoms with E-state index in [-0.39, 0.29) is 29.3 Å². The Balaban J connectivity index is 2.10. The molecule has 0 radical (unpaired) electrons. The molecule has 0 aliphatic carbocycles. The molecule has 0 saturated heterocycles. The number of benzene rings is 2. The highest BCUT2D eigenvalue weighted by Gasteiger charge is 2.31. The molecule has 1 N–H and O–H groups in total. The third-order valence-electron chi connectivity index (χ3n) is 4.27. The number of carbonyl (C=O) groups is 2. The number of methoxy groups -OCH3 is 1. The van der Waals surface area contributed by atoms with Gasteiger partial charge in [-0.15, -0.1) is 0 Å². The van der Waals surface area contributed by atoms with Crippen molar-refractivity contribution in [1.82, 2.24) is 0 Å². The average Bonchev–Trinajstić information content (AvgIpc) is 2.66. The summed E-state index contributed by atoms with van der Waals surface area (Å²) in [4.78, 5) is 23.1. The molecule has 2 aromatic carbocycles. The van der Waals surface area contributed by atoms with Gasteiger partial charge in [0.15, 0.2) is 0 Å². The number of hydrogen-bond acceptors (Lipinski definition) is 5. The lowest BCUT2D eigenvalue weighted by atomic mass is 10.0. The van der Waals surface area contributed by atoms with Crippen molar-refractivity contribution < 1.29 is 36.6 Å². The average molecular weight is 427 g/mol. The molecule has 0 fully saturated rings. The van der Waals surface area contributed by atoms with Gasteiger partial charge in [0.1, 0.15) is 17.1 Å². The van der Waals surface area contributed by atoms with Crippen LogP contribution in [0, 0.1) is 5.82 Å². The van der Waals surface area contributed by atoms with Crippen LogP contribution in [0.2, 0.25) is 0 Å². The van der Waals surface area contributed by atoms with E-state index in [0.29, 0.717) is 18.2 Å². The number of hydrogen-bond donors (Lipinski definition) is 1. The number of anilines is 1. The fraction of sp³-hybridized carbons (Fsp3) is 0.333. The normalized spacial score (nSPS) is 12.2. The Bertz CT molecular complexity index is 928. The summed E-state index contributed by atoms with van der Waals surface area (Å²) in [6, 6.07) is 6.51. The van der Waals surface area contributed by atoms with Crippen LogP contribution in [0.4, 0.5) is 23.2 Å². The molecule has 9 heteroatoms. The van der Waals surface area contributed by atoms with Gasteiger partial charge in [0.05, 0.1) is 12.7 Å². The molecule has 0 amide bonds. The van der Waals surface area contributed by atoms with Crippen molar-refractivity contribution in [3.63, 3.8) is 0 Å². The van der Waals surface area contributed by atoms with Gasteiger partial charge in [0.2, 0.25) is 0 Å². The van der Waals surface area contributed by atoms with Crippen LogP contribution in [0.15, 0.2) is 36.4 Å². The van der Waals surface area contributed by atoms with Crippen LogP contribution in [0.3, 0.4) is 0 Å². The smallest absolute Gasteiger partial charge is 0.416 e. The molecule has 162 valence electrons. The van der Waals surface area contributed by atoms with Crippen LogP contribution in [0.1, 0.15) is 41.8 Å². The van der Waals surface area contributed by atoms with Crippen LogP contribution in [-0.2, 0) is 22.1 Å². The van der Waals surface area contributed by atoms with Gasteiger partial charge in [0.25, 0.3) is 0 Å². The second-order valence-corrected chi connectivity index (χ2v) is 6.68. The molecule has 1 atom stereocenters. The monoisotopic (exact) mass is 427 g/mol. The Kier molecular flexibility index (Phi) is 7.42. The third kappa shape index (κ3) is 6.20. The molecule has 5 nitrogen and oxygen atoms in total. The van der Waals surface area contributed by atoms with Crippen LogP contribution in [0.5, 0.6) is 5.75 Å². The molecule has 0 saturated carbocycles. The summed E-state index contributed by atoms with van der Waals surface area (Å²) in [7, 11) is 1.19. The maximum atomic E-state index is 13.9. The van der Waals surface area contributed by atoms with Gasteiger partial charge >= 0.3 is 18.1 Å². The van der Waals surface area contributed by atoms with Gasteiger partial charge in [-0.1, -0.05) is 0 Å². The molecule has 0 aliphatic rings. The van der Waals surface area contributed by atoms with Gasteiger partial charge in [-0.3, -0.25) is 4.79 Å². The predicted octanol–water partition coefficient (Wildman–Crippen LogP) is 4.99. The van der Waals surface area contributed by atoms with E-state index in [9.17, 15) is 27.2 Å². The molecule has 0 aliphatic heterocycles. The standard InChI is InChI=1S/C21H21F4NO4/c1-12(4-5-14-10-15(21(23,24)25)6-8-18(14)22)26-16-7-9-19(30-13(2)27)17(11-16)20(28)29-3/h6-12,26H,4-5H2,1-3H3. The first kappa shape index (κ1) is 23.2. The van der Waals surface area contributed by atoms with Gasteiger partial charge in [0, 0.05) is 18.7 Å². The topological polar surface area (TPSA) is 64.6 Å². The molecule has 0 heterocycles. The molecular weight excluding hydrogens is 406 g/mol. The minimum Gasteiger partial charge on any atom is -0.465 e. The second-order valence-electron chi connectivity index (χ2n) is 6.68. The largest absolute Gasteiger partial charge is 0.465 e. The van der Waals surface area contributed by atoms with E-state index < -0.39 is 29.5 Å². The lowest BCUT2D eigenvalue weighted by molar-refractivity contribution is -0.137. The Morgan fingerprint density at radius 3 is 2.43 bits per heavy atom.